The Morgan fingerprint density at radius 3 is 2.71 bits per heavy atom. The Bertz CT molecular complexity index is 910. The van der Waals surface area contributed by atoms with Gasteiger partial charge in [-0.3, -0.25) is 0 Å². The normalized spacial score (nSPS) is 11.0. The number of hydrogen-bond acceptors (Lipinski definition) is 4. The van der Waals surface area contributed by atoms with Crippen molar-refractivity contribution in [3.63, 3.8) is 0 Å². The molecule has 2 aromatic carbocycles. The van der Waals surface area contributed by atoms with Crippen molar-refractivity contribution in [1.82, 2.24) is 4.98 Å². The number of rotatable bonds is 2. The minimum absolute atomic E-state index is 0.597. The van der Waals surface area contributed by atoms with E-state index in [0.717, 1.165) is 22.2 Å². The highest BCUT2D eigenvalue weighted by atomic mass is 32.1. The fourth-order valence-electron chi connectivity index (χ4n) is 2.33. The first-order chi connectivity index (χ1) is 10.3. The SMILES string of the molecule is Nc1cccc(-c2nc3cc(-c4ccsc4)ccc3o2)c1. The first-order valence-corrected chi connectivity index (χ1v) is 7.53. The minimum atomic E-state index is 0.597. The molecule has 0 radical (unpaired) electrons. The average Bonchev–Trinajstić information content (AvgIpc) is 3.16. The number of thiophene rings is 1. The molecule has 2 heterocycles. The van der Waals surface area contributed by atoms with Crippen LogP contribution in [0.2, 0.25) is 0 Å². The summed E-state index contributed by atoms with van der Waals surface area (Å²) in [6, 6.07) is 15.7. The van der Waals surface area contributed by atoms with Crippen LogP contribution in [0.15, 0.2) is 63.7 Å². The highest BCUT2D eigenvalue weighted by Crippen LogP contribution is 2.29. The van der Waals surface area contributed by atoms with Crippen molar-refractivity contribution >= 4 is 28.1 Å². The molecule has 0 amide bonds. The predicted molar refractivity (Wildman–Crippen MR) is 87.2 cm³/mol. The third kappa shape index (κ3) is 2.19. The number of benzene rings is 2. The standard InChI is InChI=1S/C17H12N2OS/c18-14-3-1-2-12(8-14)17-19-15-9-11(4-5-16(15)20-17)13-6-7-21-10-13/h1-10H,18H2. The highest BCUT2D eigenvalue weighted by molar-refractivity contribution is 7.08. The van der Waals surface area contributed by atoms with Crippen LogP contribution in [0.25, 0.3) is 33.7 Å². The zero-order valence-corrected chi connectivity index (χ0v) is 11.9. The molecule has 0 aliphatic carbocycles. The molecule has 0 aliphatic heterocycles. The Kier molecular flexibility index (Phi) is 2.75. The van der Waals surface area contributed by atoms with Crippen molar-refractivity contribution in [3.8, 4) is 22.6 Å². The first-order valence-electron chi connectivity index (χ1n) is 6.59. The first kappa shape index (κ1) is 12.2. The Morgan fingerprint density at radius 1 is 0.952 bits per heavy atom. The second kappa shape index (κ2) is 4.75. The van der Waals surface area contributed by atoms with Crippen molar-refractivity contribution in [1.29, 1.82) is 0 Å². The topological polar surface area (TPSA) is 52.0 Å². The number of oxazole rings is 1. The summed E-state index contributed by atoms with van der Waals surface area (Å²) in [6.07, 6.45) is 0. The van der Waals surface area contributed by atoms with Gasteiger partial charge in [0, 0.05) is 11.3 Å². The molecule has 0 aliphatic rings. The Balaban J connectivity index is 1.83. The highest BCUT2D eigenvalue weighted by Gasteiger charge is 2.09. The lowest BCUT2D eigenvalue weighted by atomic mass is 10.1. The van der Waals surface area contributed by atoms with E-state index in [1.807, 2.05) is 30.3 Å². The zero-order chi connectivity index (χ0) is 14.2. The third-order valence-corrected chi connectivity index (χ3v) is 4.06. The van der Waals surface area contributed by atoms with Crippen molar-refractivity contribution in [2.24, 2.45) is 0 Å². The number of nitrogen functional groups attached to an aromatic ring is 1. The van der Waals surface area contributed by atoms with E-state index in [0.29, 0.717) is 11.6 Å². The molecule has 2 aromatic heterocycles. The van der Waals surface area contributed by atoms with Crippen LogP contribution in [0.4, 0.5) is 5.69 Å². The van der Waals surface area contributed by atoms with E-state index in [-0.39, 0.29) is 0 Å². The number of fused-ring (bicyclic) bond motifs is 1. The molecule has 102 valence electrons. The maximum Gasteiger partial charge on any atom is 0.227 e. The second-order valence-electron chi connectivity index (χ2n) is 4.84. The van der Waals surface area contributed by atoms with E-state index >= 15 is 0 Å². The largest absolute Gasteiger partial charge is 0.436 e. The van der Waals surface area contributed by atoms with E-state index in [4.69, 9.17) is 10.2 Å². The molecule has 0 atom stereocenters. The summed E-state index contributed by atoms with van der Waals surface area (Å²) < 4.78 is 5.82. The monoisotopic (exact) mass is 292 g/mol. The molecule has 0 saturated heterocycles. The Labute approximate surface area is 125 Å². The number of nitrogens with two attached hydrogens (primary N) is 1. The van der Waals surface area contributed by atoms with Gasteiger partial charge >= 0.3 is 0 Å². The summed E-state index contributed by atoms with van der Waals surface area (Å²) in [4.78, 5) is 4.58. The molecule has 4 rings (SSSR count). The summed E-state index contributed by atoms with van der Waals surface area (Å²) in [7, 11) is 0. The summed E-state index contributed by atoms with van der Waals surface area (Å²) in [5, 5.41) is 4.19. The molecular weight excluding hydrogens is 280 g/mol. The van der Waals surface area contributed by atoms with Crippen LogP contribution in [0.5, 0.6) is 0 Å². The van der Waals surface area contributed by atoms with Crippen LogP contribution in [-0.2, 0) is 0 Å². The molecule has 0 fully saturated rings. The average molecular weight is 292 g/mol. The van der Waals surface area contributed by atoms with E-state index in [2.05, 4.69) is 33.9 Å². The van der Waals surface area contributed by atoms with Crippen LogP contribution in [-0.4, -0.2) is 4.98 Å². The van der Waals surface area contributed by atoms with E-state index in [1.54, 1.807) is 11.3 Å². The lowest BCUT2D eigenvalue weighted by molar-refractivity contribution is 0.620. The van der Waals surface area contributed by atoms with Crippen molar-refractivity contribution in [3.05, 3.63) is 59.3 Å². The lowest BCUT2D eigenvalue weighted by Crippen LogP contribution is -1.84. The van der Waals surface area contributed by atoms with E-state index < -0.39 is 0 Å². The Morgan fingerprint density at radius 2 is 1.90 bits per heavy atom. The maximum atomic E-state index is 5.82. The van der Waals surface area contributed by atoms with Crippen LogP contribution >= 0.6 is 11.3 Å². The van der Waals surface area contributed by atoms with Gasteiger partial charge in [0.15, 0.2) is 5.58 Å². The quantitative estimate of drug-likeness (QED) is 0.540. The minimum Gasteiger partial charge on any atom is -0.436 e. The maximum absolute atomic E-state index is 5.82. The molecule has 3 nitrogen and oxygen atoms in total. The van der Waals surface area contributed by atoms with Gasteiger partial charge in [0.05, 0.1) is 0 Å². The summed E-state index contributed by atoms with van der Waals surface area (Å²) in [5.74, 6) is 0.597. The fraction of sp³-hybridized carbons (Fsp3) is 0. The van der Waals surface area contributed by atoms with Gasteiger partial charge in [0.2, 0.25) is 5.89 Å². The number of aromatic nitrogens is 1. The zero-order valence-electron chi connectivity index (χ0n) is 11.1. The molecule has 0 bridgehead atoms. The third-order valence-electron chi connectivity index (χ3n) is 3.38. The molecule has 0 saturated carbocycles. The van der Waals surface area contributed by atoms with E-state index in [9.17, 15) is 0 Å². The molecular formula is C17H12N2OS. The van der Waals surface area contributed by atoms with Gasteiger partial charge in [-0.2, -0.15) is 11.3 Å². The summed E-state index contributed by atoms with van der Waals surface area (Å²) >= 11 is 1.69. The van der Waals surface area contributed by atoms with Crippen LogP contribution in [0.1, 0.15) is 0 Å². The molecule has 4 heteroatoms. The number of hydrogen-bond donors (Lipinski definition) is 1. The smallest absolute Gasteiger partial charge is 0.227 e. The van der Waals surface area contributed by atoms with Gasteiger partial charge in [-0.25, -0.2) is 4.98 Å². The predicted octanol–water partition coefficient (Wildman–Crippen LogP) is 4.81. The lowest BCUT2D eigenvalue weighted by Gasteiger charge is -1.96. The van der Waals surface area contributed by atoms with Gasteiger partial charge in [-0.15, -0.1) is 0 Å². The van der Waals surface area contributed by atoms with Gasteiger partial charge in [0.25, 0.3) is 0 Å². The van der Waals surface area contributed by atoms with Crippen LogP contribution < -0.4 is 5.73 Å². The van der Waals surface area contributed by atoms with Gasteiger partial charge in [-0.1, -0.05) is 12.1 Å². The summed E-state index contributed by atoms with van der Waals surface area (Å²) in [5.41, 5.74) is 11.4. The molecule has 21 heavy (non-hydrogen) atoms. The summed E-state index contributed by atoms with van der Waals surface area (Å²) in [6.45, 7) is 0. The fourth-order valence-corrected chi connectivity index (χ4v) is 3.00. The number of nitrogens with zero attached hydrogens (tertiary/aromatic N) is 1. The molecule has 0 unspecified atom stereocenters. The van der Waals surface area contributed by atoms with Gasteiger partial charge < -0.3 is 10.2 Å². The molecule has 2 N–H and O–H groups in total. The van der Waals surface area contributed by atoms with Gasteiger partial charge in [-0.05, 0) is 58.3 Å². The number of anilines is 1. The Hall–Kier alpha value is -2.59. The molecule has 4 aromatic rings. The van der Waals surface area contributed by atoms with Crippen LogP contribution in [0, 0.1) is 0 Å². The molecule has 0 spiro atoms. The van der Waals surface area contributed by atoms with Crippen molar-refractivity contribution in [2.45, 2.75) is 0 Å². The van der Waals surface area contributed by atoms with E-state index in [1.165, 1.54) is 5.56 Å². The second-order valence-corrected chi connectivity index (χ2v) is 5.62. The van der Waals surface area contributed by atoms with Crippen molar-refractivity contribution < 1.29 is 4.42 Å². The van der Waals surface area contributed by atoms with Gasteiger partial charge in [0.1, 0.15) is 5.52 Å². The van der Waals surface area contributed by atoms with Crippen molar-refractivity contribution in [2.75, 3.05) is 5.73 Å². The van der Waals surface area contributed by atoms with Crippen LogP contribution in [0.3, 0.4) is 0 Å².